The average molecular weight is 551 g/mol. The molecule has 0 aromatic heterocycles. The summed E-state index contributed by atoms with van der Waals surface area (Å²) < 4.78 is 39.0. The van der Waals surface area contributed by atoms with Gasteiger partial charge in [0.2, 0.25) is 11.8 Å². The van der Waals surface area contributed by atoms with Gasteiger partial charge in [0, 0.05) is 37.8 Å². The Morgan fingerprint density at radius 1 is 0.974 bits per heavy atom. The van der Waals surface area contributed by atoms with Gasteiger partial charge in [0.05, 0.1) is 16.5 Å². The third-order valence-electron chi connectivity index (χ3n) is 7.36. The average Bonchev–Trinajstić information content (AvgIpc) is 2.91. The van der Waals surface area contributed by atoms with Crippen molar-refractivity contribution in [3.63, 3.8) is 0 Å². The number of carbonyl (C=O) groups excluding carboxylic acids is 3. The van der Waals surface area contributed by atoms with E-state index in [0.717, 1.165) is 37.5 Å². The van der Waals surface area contributed by atoms with Crippen molar-refractivity contribution in [2.24, 2.45) is 11.7 Å². The van der Waals surface area contributed by atoms with Gasteiger partial charge in [0.1, 0.15) is 6.04 Å². The molecule has 2 aromatic carbocycles. The molecule has 2 fully saturated rings. The Kier molecular flexibility index (Phi) is 8.62. The third-order valence-corrected chi connectivity index (χ3v) is 7.67. The zero-order valence-electron chi connectivity index (χ0n) is 20.7. The highest BCUT2D eigenvalue weighted by Gasteiger charge is 2.38. The van der Waals surface area contributed by atoms with Crippen molar-refractivity contribution in [2.75, 3.05) is 26.2 Å². The molecule has 3 amide bonds. The minimum Gasteiger partial charge on any atom is -0.368 e. The van der Waals surface area contributed by atoms with Crippen LogP contribution in [0.25, 0.3) is 0 Å². The van der Waals surface area contributed by atoms with Crippen LogP contribution in [-0.4, -0.2) is 59.7 Å². The molecule has 0 spiro atoms. The Morgan fingerprint density at radius 3 is 2.24 bits per heavy atom. The first-order valence-corrected chi connectivity index (χ1v) is 13.0. The van der Waals surface area contributed by atoms with Crippen molar-refractivity contribution in [1.29, 1.82) is 0 Å². The van der Waals surface area contributed by atoms with Crippen LogP contribution < -0.4 is 11.1 Å². The van der Waals surface area contributed by atoms with E-state index in [9.17, 15) is 27.6 Å². The maximum absolute atomic E-state index is 13.3. The third kappa shape index (κ3) is 6.30. The van der Waals surface area contributed by atoms with E-state index in [1.807, 2.05) is 6.07 Å². The fourth-order valence-corrected chi connectivity index (χ4v) is 5.67. The molecule has 7 nitrogen and oxygen atoms in total. The van der Waals surface area contributed by atoms with Gasteiger partial charge >= 0.3 is 6.18 Å². The Hall–Kier alpha value is -3.11. The number of benzene rings is 2. The van der Waals surface area contributed by atoms with Crippen LogP contribution in [0.1, 0.15) is 53.2 Å². The number of hydrogen-bond acceptors (Lipinski definition) is 4. The predicted octanol–water partition coefficient (Wildman–Crippen LogP) is 4.02. The number of nitrogens with two attached hydrogens (primary N) is 1. The highest BCUT2D eigenvalue weighted by Crippen LogP contribution is 2.35. The van der Waals surface area contributed by atoms with Crippen LogP contribution in [0, 0.1) is 5.92 Å². The monoisotopic (exact) mass is 550 g/mol. The summed E-state index contributed by atoms with van der Waals surface area (Å²) in [4.78, 5) is 42.2. The highest BCUT2D eigenvalue weighted by atomic mass is 35.5. The summed E-state index contributed by atoms with van der Waals surface area (Å²) in [7, 11) is 0. The van der Waals surface area contributed by atoms with E-state index in [2.05, 4.69) is 10.2 Å². The Labute approximate surface area is 224 Å². The molecule has 0 unspecified atom stereocenters. The number of rotatable bonds is 6. The molecule has 2 aliphatic rings. The summed E-state index contributed by atoms with van der Waals surface area (Å²) in [6, 6.07) is 10.9. The fraction of sp³-hybridized carbons (Fsp3) is 0.444. The lowest BCUT2D eigenvalue weighted by molar-refractivity contribution is -0.137. The summed E-state index contributed by atoms with van der Waals surface area (Å²) in [5.74, 6) is -1.57. The molecule has 1 heterocycles. The lowest BCUT2D eigenvalue weighted by Crippen LogP contribution is -2.56. The van der Waals surface area contributed by atoms with E-state index >= 15 is 0 Å². The van der Waals surface area contributed by atoms with Gasteiger partial charge in [-0.2, -0.15) is 13.2 Å². The molecule has 0 radical (unpaired) electrons. The van der Waals surface area contributed by atoms with Crippen LogP contribution in [0.15, 0.2) is 48.5 Å². The van der Waals surface area contributed by atoms with Crippen molar-refractivity contribution in [3.8, 4) is 0 Å². The number of halogens is 4. The maximum Gasteiger partial charge on any atom is 0.417 e. The zero-order valence-corrected chi connectivity index (χ0v) is 21.5. The van der Waals surface area contributed by atoms with E-state index in [0.29, 0.717) is 38.2 Å². The molecular weight excluding hydrogens is 521 g/mol. The lowest BCUT2D eigenvalue weighted by Gasteiger charge is -2.44. The second-order valence-electron chi connectivity index (χ2n) is 9.73. The Balaban J connectivity index is 1.39. The molecule has 1 aliphatic heterocycles. The van der Waals surface area contributed by atoms with E-state index in [-0.39, 0.29) is 29.3 Å². The van der Waals surface area contributed by atoms with Crippen molar-refractivity contribution in [3.05, 3.63) is 70.2 Å². The quantitative estimate of drug-likeness (QED) is 0.568. The second-order valence-corrected chi connectivity index (χ2v) is 10.1. The first kappa shape index (κ1) is 27.9. The van der Waals surface area contributed by atoms with E-state index < -0.39 is 28.7 Å². The molecule has 4 rings (SSSR count). The van der Waals surface area contributed by atoms with Gasteiger partial charge in [-0.25, -0.2) is 0 Å². The number of piperazine rings is 1. The molecule has 11 heteroatoms. The molecule has 3 N–H and O–H groups in total. The summed E-state index contributed by atoms with van der Waals surface area (Å²) in [5, 5.41) is 2.33. The van der Waals surface area contributed by atoms with E-state index in [1.54, 1.807) is 29.2 Å². The largest absolute Gasteiger partial charge is 0.417 e. The van der Waals surface area contributed by atoms with Crippen molar-refractivity contribution in [2.45, 2.75) is 43.9 Å². The number of nitrogens with one attached hydrogen (secondary N) is 1. The number of amides is 3. The van der Waals surface area contributed by atoms with Gasteiger partial charge in [-0.15, -0.1) is 0 Å². The van der Waals surface area contributed by atoms with Crippen LogP contribution in [-0.2, 0) is 15.8 Å². The molecule has 0 bridgehead atoms. The molecular formula is C27H30ClF3N4O3. The standard InChI is InChI=1S/C27H30ClF3N4O3/c28-21-16-18(10-11-20(21)27(29,30)31)26(38)35-14-12-34(13-15-35)22-9-5-4-8-19(22)25(37)33-23(24(32)36)17-6-2-1-3-7-17/h1-3,6-7,10-11,16,19,22-23H,4-5,8-9,12-15H2,(H2,32,36)(H,33,37)/t19-,22-,23+/m1/s1. The smallest absolute Gasteiger partial charge is 0.368 e. The summed E-state index contributed by atoms with van der Waals surface area (Å²) in [5.41, 5.74) is 5.33. The minimum absolute atomic E-state index is 0.0502. The van der Waals surface area contributed by atoms with Gasteiger partial charge in [-0.3, -0.25) is 19.3 Å². The Morgan fingerprint density at radius 2 is 1.63 bits per heavy atom. The van der Waals surface area contributed by atoms with E-state index in [4.69, 9.17) is 17.3 Å². The number of primary amides is 1. The second kappa shape index (κ2) is 11.7. The molecule has 1 saturated heterocycles. The number of nitrogens with zero attached hydrogens (tertiary/aromatic N) is 2. The number of alkyl halides is 3. The van der Waals surface area contributed by atoms with Crippen LogP contribution in [0.5, 0.6) is 0 Å². The zero-order chi connectivity index (χ0) is 27.4. The normalized spacial score (nSPS) is 21.5. The van der Waals surface area contributed by atoms with Crippen LogP contribution in [0.2, 0.25) is 5.02 Å². The lowest BCUT2D eigenvalue weighted by atomic mass is 9.82. The van der Waals surface area contributed by atoms with Gasteiger partial charge in [0.25, 0.3) is 5.91 Å². The van der Waals surface area contributed by atoms with Crippen molar-refractivity contribution >= 4 is 29.3 Å². The maximum atomic E-state index is 13.3. The molecule has 38 heavy (non-hydrogen) atoms. The predicted molar refractivity (Wildman–Crippen MR) is 136 cm³/mol. The topological polar surface area (TPSA) is 95.7 Å². The first-order valence-electron chi connectivity index (χ1n) is 12.6. The van der Waals surface area contributed by atoms with Crippen LogP contribution >= 0.6 is 11.6 Å². The first-order chi connectivity index (χ1) is 18.1. The van der Waals surface area contributed by atoms with Gasteiger partial charge in [-0.1, -0.05) is 54.8 Å². The fourth-order valence-electron chi connectivity index (χ4n) is 5.38. The molecule has 204 valence electrons. The van der Waals surface area contributed by atoms with Gasteiger partial charge in [-0.05, 0) is 36.6 Å². The summed E-state index contributed by atoms with van der Waals surface area (Å²) in [6.45, 7) is 1.78. The van der Waals surface area contributed by atoms with Gasteiger partial charge < -0.3 is 16.0 Å². The minimum atomic E-state index is -4.59. The SMILES string of the molecule is NC(=O)[C@@H](NC(=O)[C@@H]1CCCC[C@H]1N1CCN(C(=O)c2ccc(C(F)(F)F)c(Cl)c2)CC1)c1ccccc1. The van der Waals surface area contributed by atoms with Crippen LogP contribution in [0.4, 0.5) is 13.2 Å². The molecule has 1 aliphatic carbocycles. The Bertz CT molecular complexity index is 1170. The molecule has 3 atom stereocenters. The van der Waals surface area contributed by atoms with Crippen molar-refractivity contribution in [1.82, 2.24) is 15.1 Å². The molecule has 1 saturated carbocycles. The van der Waals surface area contributed by atoms with Gasteiger partial charge in [0.15, 0.2) is 0 Å². The highest BCUT2D eigenvalue weighted by molar-refractivity contribution is 6.31. The van der Waals surface area contributed by atoms with Crippen LogP contribution in [0.3, 0.4) is 0 Å². The number of hydrogen-bond donors (Lipinski definition) is 2. The van der Waals surface area contributed by atoms with Crippen molar-refractivity contribution < 1.29 is 27.6 Å². The van der Waals surface area contributed by atoms with E-state index in [1.165, 1.54) is 0 Å². The number of carbonyl (C=O) groups is 3. The molecule has 2 aromatic rings. The summed E-state index contributed by atoms with van der Waals surface area (Å²) in [6.07, 6.45) is -1.23. The summed E-state index contributed by atoms with van der Waals surface area (Å²) >= 11 is 5.80.